The van der Waals surface area contributed by atoms with Crippen LogP contribution < -0.4 is 10.6 Å². The zero-order valence-corrected chi connectivity index (χ0v) is 17.4. The molecule has 156 valence electrons. The number of hydrogen-bond acceptors (Lipinski definition) is 6. The third kappa shape index (κ3) is 3.62. The highest BCUT2D eigenvalue weighted by molar-refractivity contribution is 6.06. The van der Waals surface area contributed by atoms with Crippen molar-refractivity contribution in [3.63, 3.8) is 0 Å². The van der Waals surface area contributed by atoms with Gasteiger partial charge in [-0.15, -0.1) is 0 Å². The Labute approximate surface area is 176 Å². The lowest BCUT2D eigenvalue weighted by Gasteiger charge is -2.20. The SMILES string of the molecule is C=C(O)c1cnc2c(c1)C[C@@]1(C2)C(=O)Nc2ncc(/C=C/CN(C)CCNC)cc21. The zero-order valence-electron chi connectivity index (χ0n) is 17.4. The van der Waals surface area contributed by atoms with Gasteiger partial charge in [-0.2, -0.15) is 0 Å². The standard InChI is InChI=1S/C23H27N5O2/c1-15(29)18-10-17-11-23(12-20(17)25-14-18)19-9-16(13-26-21(19)27-22(23)30)5-4-7-28(3)8-6-24-2/h4-5,9-10,13-14,24,29H,1,6-8,11-12H2,2-3H3,(H,26,27,30)/b5-4+/t23-/m0/s1. The number of likely N-dealkylation sites (N-methyl/N-ethyl adjacent to an activating group) is 2. The van der Waals surface area contributed by atoms with E-state index >= 15 is 0 Å². The van der Waals surface area contributed by atoms with Crippen LogP contribution in [0.3, 0.4) is 0 Å². The van der Waals surface area contributed by atoms with Crippen LogP contribution >= 0.6 is 0 Å². The van der Waals surface area contributed by atoms with E-state index < -0.39 is 5.41 Å². The van der Waals surface area contributed by atoms with E-state index in [4.69, 9.17) is 0 Å². The molecule has 1 amide bonds. The molecular formula is C23H27N5O2. The Kier molecular flexibility index (Phi) is 5.40. The summed E-state index contributed by atoms with van der Waals surface area (Å²) in [6.45, 7) is 6.32. The molecule has 3 heterocycles. The Morgan fingerprint density at radius 2 is 2.20 bits per heavy atom. The van der Waals surface area contributed by atoms with Crippen LogP contribution in [0.5, 0.6) is 0 Å². The smallest absolute Gasteiger partial charge is 0.237 e. The maximum Gasteiger partial charge on any atom is 0.237 e. The van der Waals surface area contributed by atoms with Crippen molar-refractivity contribution >= 4 is 23.6 Å². The topological polar surface area (TPSA) is 90.4 Å². The first kappa shape index (κ1) is 20.3. The number of carbonyl (C=O) groups is 1. The summed E-state index contributed by atoms with van der Waals surface area (Å²) in [6, 6.07) is 3.94. The molecule has 7 heteroatoms. The van der Waals surface area contributed by atoms with Crippen LogP contribution in [0.1, 0.15) is 27.9 Å². The lowest BCUT2D eigenvalue weighted by Crippen LogP contribution is -2.35. The molecule has 1 atom stereocenters. The van der Waals surface area contributed by atoms with Gasteiger partial charge in [0, 0.05) is 55.3 Å². The summed E-state index contributed by atoms with van der Waals surface area (Å²) in [4.78, 5) is 24.2. The average molecular weight is 406 g/mol. The van der Waals surface area contributed by atoms with Crippen molar-refractivity contribution in [3.8, 4) is 0 Å². The summed E-state index contributed by atoms with van der Waals surface area (Å²) in [5, 5.41) is 15.8. The molecule has 2 aliphatic rings. The van der Waals surface area contributed by atoms with E-state index in [0.29, 0.717) is 24.2 Å². The van der Waals surface area contributed by atoms with Gasteiger partial charge in [0.25, 0.3) is 0 Å². The van der Waals surface area contributed by atoms with Gasteiger partial charge in [-0.25, -0.2) is 4.98 Å². The van der Waals surface area contributed by atoms with E-state index in [0.717, 1.165) is 42.0 Å². The van der Waals surface area contributed by atoms with Crippen molar-refractivity contribution in [1.82, 2.24) is 20.2 Å². The van der Waals surface area contributed by atoms with Crippen LogP contribution in [-0.4, -0.2) is 59.6 Å². The summed E-state index contributed by atoms with van der Waals surface area (Å²) >= 11 is 0. The summed E-state index contributed by atoms with van der Waals surface area (Å²) in [5.41, 5.74) is 3.63. The number of hydrogen-bond donors (Lipinski definition) is 3. The van der Waals surface area contributed by atoms with E-state index in [9.17, 15) is 9.90 Å². The fourth-order valence-corrected chi connectivity index (χ4v) is 4.18. The molecule has 0 fully saturated rings. The normalized spacial score (nSPS) is 19.5. The highest BCUT2D eigenvalue weighted by atomic mass is 16.3. The molecule has 4 rings (SSSR count). The number of nitrogens with one attached hydrogen (secondary N) is 2. The van der Waals surface area contributed by atoms with Gasteiger partial charge >= 0.3 is 0 Å². The van der Waals surface area contributed by atoms with Crippen LogP contribution in [0.15, 0.2) is 37.2 Å². The van der Waals surface area contributed by atoms with Crippen LogP contribution in [0.2, 0.25) is 0 Å². The molecule has 2 aromatic rings. The van der Waals surface area contributed by atoms with Crippen molar-refractivity contribution in [2.24, 2.45) is 0 Å². The minimum atomic E-state index is -0.694. The first-order chi connectivity index (χ1) is 14.4. The molecule has 0 saturated heterocycles. The predicted octanol–water partition coefficient (Wildman–Crippen LogP) is 2.16. The van der Waals surface area contributed by atoms with Crippen LogP contribution in [0.4, 0.5) is 5.82 Å². The third-order valence-electron chi connectivity index (χ3n) is 5.92. The number of pyridine rings is 2. The first-order valence-electron chi connectivity index (χ1n) is 10.1. The zero-order chi connectivity index (χ0) is 21.3. The molecule has 0 bridgehead atoms. The summed E-state index contributed by atoms with van der Waals surface area (Å²) in [7, 11) is 4.03. The molecule has 1 aliphatic heterocycles. The maximum atomic E-state index is 13.0. The molecular weight excluding hydrogens is 378 g/mol. The van der Waals surface area contributed by atoms with E-state index in [1.165, 1.54) is 0 Å². The van der Waals surface area contributed by atoms with Gasteiger partial charge < -0.3 is 20.6 Å². The van der Waals surface area contributed by atoms with Crippen LogP contribution in [0, 0.1) is 0 Å². The highest BCUT2D eigenvalue weighted by Crippen LogP contribution is 2.46. The second-order valence-electron chi connectivity index (χ2n) is 8.10. The van der Waals surface area contributed by atoms with Crippen molar-refractivity contribution in [2.45, 2.75) is 18.3 Å². The number of rotatable bonds is 7. The van der Waals surface area contributed by atoms with Crippen LogP contribution in [0.25, 0.3) is 11.8 Å². The average Bonchev–Trinajstić information content (AvgIpc) is 3.24. The Hall–Kier alpha value is -3.03. The van der Waals surface area contributed by atoms with Gasteiger partial charge in [-0.3, -0.25) is 9.78 Å². The highest BCUT2D eigenvalue weighted by Gasteiger charge is 2.51. The van der Waals surface area contributed by atoms with Crippen molar-refractivity contribution in [1.29, 1.82) is 0 Å². The third-order valence-corrected chi connectivity index (χ3v) is 5.92. The summed E-state index contributed by atoms with van der Waals surface area (Å²) in [5.74, 6) is 0.569. The quantitative estimate of drug-likeness (QED) is 0.612. The van der Waals surface area contributed by atoms with E-state index in [1.54, 1.807) is 12.4 Å². The van der Waals surface area contributed by atoms with E-state index in [2.05, 4.69) is 51.3 Å². The Balaban J connectivity index is 1.58. The molecule has 1 spiro atoms. The second-order valence-corrected chi connectivity index (χ2v) is 8.10. The number of nitrogens with zero attached hydrogens (tertiary/aromatic N) is 3. The molecule has 0 aromatic carbocycles. The number of fused-ring (bicyclic) bond motifs is 3. The fraction of sp³-hybridized carbons (Fsp3) is 0.348. The fourth-order valence-electron chi connectivity index (χ4n) is 4.18. The Morgan fingerprint density at radius 1 is 1.37 bits per heavy atom. The van der Waals surface area contributed by atoms with E-state index in [1.807, 2.05) is 19.2 Å². The van der Waals surface area contributed by atoms with Gasteiger partial charge in [-0.1, -0.05) is 18.7 Å². The summed E-state index contributed by atoms with van der Waals surface area (Å²) < 4.78 is 0. The van der Waals surface area contributed by atoms with Gasteiger partial charge in [0.2, 0.25) is 5.91 Å². The molecule has 0 saturated carbocycles. The first-order valence-corrected chi connectivity index (χ1v) is 10.1. The molecule has 30 heavy (non-hydrogen) atoms. The molecule has 2 aromatic heterocycles. The number of aromatic nitrogens is 2. The van der Waals surface area contributed by atoms with Gasteiger partial charge in [0.05, 0.1) is 5.41 Å². The Bertz CT molecular complexity index is 1030. The van der Waals surface area contributed by atoms with Gasteiger partial charge in [0.1, 0.15) is 11.6 Å². The van der Waals surface area contributed by atoms with Gasteiger partial charge in [-0.05, 0) is 43.8 Å². The molecule has 3 N–H and O–H groups in total. The minimum Gasteiger partial charge on any atom is -0.508 e. The maximum absolute atomic E-state index is 13.0. The summed E-state index contributed by atoms with van der Waals surface area (Å²) in [6.07, 6.45) is 8.62. The van der Waals surface area contributed by atoms with Crippen molar-refractivity contribution < 1.29 is 9.90 Å². The molecule has 0 radical (unpaired) electrons. The second kappa shape index (κ2) is 8.01. The monoisotopic (exact) mass is 405 g/mol. The predicted molar refractivity (Wildman–Crippen MR) is 118 cm³/mol. The van der Waals surface area contributed by atoms with Crippen LogP contribution in [-0.2, 0) is 23.1 Å². The number of carbonyl (C=O) groups excluding carboxylic acids is 1. The van der Waals surface area contributed by atoms with Gasteiger partial charge in [0.15, 0.2) is 0 Å². The number of aliphatic hydroxyl groups excluding tert-OH is 1. The molecule has 0 unspecified atom stereocenters. The van der Waals surface area contributed by atoms with E-state index in [-0.39, 0.29) is 11.7 Å². The molecule has 7 nitrogen and oxygen atoms in total. The van der Waals surface area contributed by atoms with Crippen molar-refractivity contribution in [2.75, 3.05) is 39.0 Å². The lowest BCUT2D eigenvalue weighted by atomic mass is 9.79. The lowest BCUT2D eigenvalue weighted by molar-refractivity contribution is -0.120. The Morgan fingerprint density at radius 3 is 2.97 bits per heavy atom. The number of anilines is 1. The largest absolute Gasteiger partial charge is 0.508 e. The van der Waals surface area contributed by atoms with Crippen molar-refractivity contribution in [3.05, 3.63) is 65.1 Å². The number of aliphatic hydroxyl groups is 1. The minimum absolute atomic E-state index is 0.0173. The molecule has 1 aliphatic carbocycles. The number of amides is 1.